The Labute approximate surface area is 150 Å². The van der Waals surface area contributed by atoms with Gasteiger partial charge in [-0.1, -0.05) is 37.3 Å². The van der Waals surface area contributed by atoms with E-state index in [1.54, 1.807) is 0 Å². The first-order chi connectivity index (χ1) is 12.1. The molecule has 1 aromatic carbocycles. The predicted octanol–water partition coefficient (Wildman–Crippen LogP) is 1.84. The van der Waals surface area contributed by atoms with Crippen molar-refractivity contribution in [2.45, 2.75) is 26.8 Å². The summed E-state index contributed by atoms with van der Waals surface area (Å²) in [7, 11) is 0. The van der Waals surface area contributed by atoms with Crippen LogP contribution in [0.25, 0.3) is 0 Å². The molecule has 136 valence electrons. The fourth-order valence-corrected chi connectivity index (χ4v) is 3.64. The number of carbonyl (C=O) groups is 2. The number of hydrogen-bond acceptors (Lipinski definition) is 3. The lowest BCUT2D eigenvalue weighted by molar-refractivity contribution is -0.139. The van der Waals surface area contributed by atoms with E-state index in [0.717, 1.165) is 44.7 Å². The fourth-order valence-electron chi connectivity index (χ4n) is 3.64. The topological polar surface area (TPSA) is 43.9 Å². The van der Waals surface area contributed by atoms with Crippen molar-refractivity contribution in [3.63, 3.8) is 0 Å². The minimum atomic E-state index is -0.111. The molecular formula is C20H29N3O2. The maximum atomic E-state index is 12.8. The van der Waals surface area contributed by atoms with E-state index in [-0.39, 0.29) is 23.7 Å². The van der Waals surface area contributed by atoms with Crippen molar-refractivity contribution in [1.29, 1.82) is 0 Å². The number of hydrogen-bond donors (Lipinski definition) is 0. The Hall–Kier alpha value is -1.88. The van der Waals surface area contributed by atoms with Gasteiger partial charge in [0, 0.05) is 39.3 Å². The molecule has 2 fully saturated rings. The molecular weight excluding hydrogens is 314 g/mol. The molecule has 1 heterocycles. The molecule has 25 heavy (non-hydrogen) atoms. The summed E-state index contributed by atoms with van der Waals surface area (Å²) in [5.74, 6) is 0.118. The maximum absolute atomic E-state index is 12.8. The Morgan fingerprint density at radius 1 is 1.04 bits per heavy atom. The van der Waals surface area contributed by atoms with Crippen molar-refractivity contribution in [1.82, 2.24) is 14.7 Å². The standard InChI is InChI=1S/C20H29N3O2/c1-3-21-10-12-23(13-11-21)20(25)18-14-17(18)19(24)22(4-2)15-16-8-6-5-7-9-16/h5-9,17-18H,3-4,10-15H2,1-2H3. The molecule has 1 aliphatic carbocycles. The first-order valence-corrected chi connectivity index (χ1v) is 9.47. The summed E-state index contributed by atoms with van der Waals surface area (Å²) in [6.07, 6.45) is 0.719. The van der Waals surface area contributed by atoms with Gasteiger partial charge in [-0.2, -0.15) is 0 Å². The van der Waals surface area contributed by atoms with E-state index in [2.05, 4.69) is 11.8 Å². The maximum Gasteiger partial charge on any atom is 0.226 e. The number of benzene rings is 1. The highest BCUT2D eigenvalue weighted by atomic mass is 16.2. The Kier molecular flexibility index (Phi) is 5.74. The monoisotopic (exact) mass is 343 g/mol. The van der Waals surface area contributed by atoms with Gasteiger partial charge in [-0.05, 0) is 25.5 Å². The Morgan fingerprint density at radius 2 is 1.72 bits per heavy atom. The van der Waals surface area contributed by atoms with Crippen LogP contribution < -0.4 is 0 Å². The molecule has 0 N–H and O–H groups in total. The zero-order valence-electron chi connectivity index (χ0n) is 15.4. The van der Waals surface area contributed by atoms with E-state index in [4.69, 9.17) is 0 Å². The smallest absolute Gasteiger partial charge is 0.226 e. The van der Waals surface area contributed by atoms with E-state index in [0.29, 0.717) is 13.1 Å². The van der Waals surface area contributed by atoms with Crippen LogP contribution in [0, 0.1) is 11.8 Å². The van der Waals surface area contributed by atoms with Crippen LogP contribution in [0.4, 0.5) is 0 Å². The third-order valence-electron chi connectivity index (χ3n) is 5.47. The second-order valence-corrected chi connectivity index (χ2v) is 7.05. The van der Waals surface area contributed by atoms with Crippen LogP contribution in [0.5, 0.6) is 0 Å². The summed E-state index contributed by atoms with van der Waals surface area (Å²) in [5, 5.41) is 0. The SMILES string of the molecule is CCN1CCN(C(=O)C2CC2C(=O)N(CC)Cc2ccccc2)CC1. The number of carbonyl (C=O) groups excluding carboxylic acids is 2. The number of nitrogens with zero attached hydrogens (tertiary/aromatic N) is 3. The fraction of sp³-hybridized carbons (Fsp3) is 0.600. The lowest BCUT2D eigenvalue weighted by Crippen LogP contribution is -2.49. The van der Waals surface area contributed by atoms with Crippen molar-refractivity contribution in [3.8, 4) is 0 Å². The second kappa shape index (κ2) is 8.00. The van der Waals surface area contributed by atoms with E-state index in [1.807, 2.05) is 47.1 Å². The summed E-state index contributed by atoms with van der Waals surface area (Å²) < 4.78 is 0. The zero-order chi connectivity index (χ0) is 17.8. The zero-order valence-corrected chi connectivity index (χ0v) is 15.4. The van der Waals surface area contributed by atoms with Gasteiger partial charge < -0.3 is 14.7 Å². The third-order valence-corrected chi connectivity index (χ3v) is 5.47. The largest absolute Gasteiger partial charge is 0.340 e. The average molecular weight is 343 g/mol. The van der Waals surface area contributed by atoms with Crippen LogP contribution in [0.1, 0.15) is 25.8 Å². The van der Waals surface area contributed by atoms with Crippen LogP contribution in [-0.2, 0) is 16.1 Å². The number of piperazine rings is 1. The third kappa shape index (κ3) is 4.21. The van der Waals surface area contributed by atoms with Gasteiger partial charge in [0.2, 0.25) is 11.8 Å². The van der Waals surface area contributed by atoms with Crippen LogP contribution in [0.15, 0.2) is 30.3 Å². The highest BCUT2D eigenvalue weighted by molar-refractivity contribution is 5.92. The molecule has 2 amide bonds. The van der Waals surface area contributed by atoms with E-state index < -0.39 is 0 Å². The molecule has 5 nitrogen and oxygen atoms in total. The lowest BCUT2D eigenvalue weighted by atomic mass is 10.2. The molecule has 0 radical (unpaired) electrons. The molecule has 3 rings (SSSR count). The molecule has 1 aromatic rings. The van der Waals surface area contributed by atoms with Crippen molar-refractivity contribution in [2.75, 3.05) is 39.3 Å². The Bertz CT molecular complexity index is 596. The second-order valence-electron chi connectivity index (χ2n) is 7.05. The molecule has 0 bridgehead atoms. The van der Waals surface area contributed by atoms with Gasteiger partial charge in [0.25, 0.3) is 0 Å². The summed E-state index contributed by atoms with van der Waals surface area (Å²) in [4.78, 5) is 31.7. The van der Waals surface area contributed by atoms with Crippen molar-refractivity contribution >= 4 is 11.8 Å². The Balaban J connectivity index is 1.53. The molecule has 1 aliphatic heterocycles. The van der Waals surface area contributed by atoms with Gasteiger partial charge >= 0.3 is 0 Å². The number of amides is 2. The Morgan fingerprint density at radius 3 is 2.32 bits per heavy atom. The van der Waals surface area contributed by atoms with Crippen LogP contribution in [0.2, 0.25) is 0 Å². The van der Waals surface area contributed by atoms with Gasteiger partial charge in [0.1, 0.15) is 0 Å². The van der Waals surface area contributed by atoms with E-state index in [1.165, 1.54) is 0 Å². The molecule has 0 aromatic heterocycles. The first-order valence-electron chi connectivity index (χ1n) is 9.47. The summed E-state index contributed by atoms with van der Waals surface area (Å²) in [6.45, 7) is 9.99. The molecule has 1 saturated heterocycles. The van der Waals surface area contributed by atoms with Crippen LogP contribution >= 0.6 is 0 Å². The molecule has 2 aliphatic rings. The van der Waals surface area contributed by atoms with E-state index >= 15 is 0 Å². The normalized spacial score (nSPS) is 23.4. The van der Waals surface area contributed by atoms with Crippen molar-refractivity contribution < 1.29 is 9.59 Å². The molecule has 2 unspecified atom stereocenters. The van der Waals surface area contributed by atoms with Gasteiger partial charge in [-0.3, -0.25) is 9.59 Å². The number of likely N-dealkylation sites (N-methyl/N-ethyl adjacent to an activating group) is 1. The van der Waals surface area contributed by atoms with Gasteiger partial charge in [-0.25, -0.2) is 0 Å². The summed E-state index contributed by atoms with van der Waals surface area (Å²) in [5.41, 5.74) is 1.14. The minimum Gasteiger partial charge on any atom is -0.340 e. The quantitative estimate of drug-likeness (QED) is 0.792. The highest BCUT2D eigenvalue weighted by Crippen LogP contribution is 2.41. The van der Waals surface area contributed by atoms with Gasteiger partial charge in [0.15, 0.2) is 0 Å². The van der Waals surface area contributed by atoms with Crippen LogP contribution in [-0.4, -0.2) is 65.8 Å². The molecule has 1 saturated carbocycles. The highest BCUT2D eigenvalue weighted by Gasteiger charge is 2.50. The van der Waals surface area contributed by atoms with Crippen molar-refractivity contribution in [2.24, 2.45) is 11.8 Å². The lowest BCUT2D eigenvalue weighted by Gasteiger charge is -2.34. The minimum absolute atomic E-state index is 0.0921. The predicted molar refractivity (Wildman–Crippen MR) is 97.8 cm³/mol. The molecule has 5 heteroatoms. The van der Waals surface area contributed by atoms with Crippen molar-refractivity contribution in [3.05, 3.63) is 35.9 Å². The van der Waals surface area contributed by atoms with Crippen LogP contribution in [0.3, 0.4) is 0 Å². The van der Waals surface area contributed by atoms with Gasteiger partial charge in [0.05, 0.1) is 11.8 Å². The van der Waals surface area contributed by atoms with Gasteiger partial charge in [-0.15, -0.1) is 0 Å². The average Bonchev–Trinajstić information content (AvgIpc) is 3.46. The number of rotatable bonds is 6. The molecule has 0 spiro atoms. The summed E-state index contributed by atoms with van der Waals surface area (Å²) >= 11 is 0. The summed E-state index contributed by atoms with van der Waals surface area (Å²) in [6, 6.07) is 10.0. The molecule has 2 atom stereocenters. The first kappa shape index (κ1) is 17.9. The van der Waals surface area contributed by atoms with E-state index in [9.17, 15) is 9.59 Å².